The minimum Gasteiger partial charge on any atom is -0.496 e. The first-order valence-electron chi connectivity index (χ1n) is 11.4. The molecule has 1 aromatic heterocycles. The number of hydrogen-bond acceptors (Lipinski definition) is 7. The molecule has 4 rings (SSSR count). The number of methoxy groups -OCH3 is 2. The Hall–Kier alpha value is -3.79. The van der Waals surface area contributed by atoms with Crippen molar-refractivity contribution >= 4 is 17.6 Å². The van der Waals surface area contributed by atoms with Crippen LogP contribution in [0, 0.1) is 5.92 Å². The maximum atomic E-state index is 14.3. The van der Waals surface area contributed by atoms with Crippen molar-refractivity contribution in [3.05, 3.63) is 65.5 Å². The van der Waals surface area contributed by atoms with Gasteiger partial charge < -0.3 is 19.2 Å². The summed E-state index contributed by atoms with van der Waals surface area (Å²) in [5.41, 5.74) is 1.26. The van der Waals surface area contributed by atoms with Crippen LogP contribution in [-0.4, -0.2) is 49.1 Å². The van der Waals surface area contributed by atoms with E-state index in [-0.39, 0.29) is 17.8 Å². The van der Waals surface area contributed by atoms with Crippen molar-refractivity contribution in [3.63, 3.8) is 0 Å². The second-order valence-corrected chi connectivity index (χ2v) is 8.68. The van der Waals surface area contributed by atoms with Gasteiger partial charge in [0, 0.05) is 25.7 Å². The normalized spacial score (nSPS) is 16.1. The van der Waals surface area contributed by atoms with Gasteiger partial charge in [0.2, 0.25) is 11.7 Å². The van der Waals surface area contributed by atoms with Gasteiger partial charge in [0.05, 0.1) is 25.7 Å². The van der Waals surface area contributed by atoms with Gasteiger partial charge >= 0.3 is 11.9 Å². The molecule has 36 heavy (non-hydrogen) atoms. The molecule has 1 saturated heterocycles. The molecule has 1 aliphatic heterocycles. The molecule has 0 spiro atoms. The Morgan fingerprint density at radius 1 is 1.17 bits per heavy atom. The fourth-order valence-electron chi connectivity index (χ4n) is 4.19. The van der Waals surface area contributed by atoms with Crippen LogP contribution in [-0.2, 0) is 22.0 Å². The molecule has 0 bridgehead atoms. The molecule has 0 saturated carbocycles. The van der Waals surface area contributed by atoms with Crippen LogP contribution >= 0.6 is 0 Å². The van der Waals surface area contributed by atoms with E-state index in [2.05, 4.69) is 15.2 Å². The van der Waals surface area contributed by atoms with Gasteiger partial charge in [-0.2, -0.15) is 8.78 Å². The van der Waals surface area contributed by atoms with Gasteiger partial charge in [-0.1, -0.05) is 24.3 Å². The lowest BCUT2D eigenvalue weighted by molar-refractivity contribution is -0.144. The maximum absolute atomic E-state index is 14.3. The van der Waals surface area contributed by atoms with Gasteiger partial charge in [0.25, 0.3) is 5.91 Å². The first kappa shape index (κ1) is 25.3. The zero-order chi connectivity index (χ0) is 25.9. The summed E-state index contributed by atoms with van der Waals surface area (Å²) in [5, 5.41) is 2.61. The molecule has 10 heteroatoms. The minimum absolute atomic E-state index is 0.123. The van der Waals surface area contributed by atoms with Crippen LogP contribution in [0.15, 0.2) is 52.9 Å². The molecule has 2 heterocycles. The molecule has 0 radical (unpaired) electrons. The fourth-order valence-corrected chi connectivity index (χ4v) is 4.19. The van der Waals surface area contributed by atoms with Crippen molar-refractivity contribution in [2.75, 3.05) is 32.6 Å². The van der Waals surface area contributed by atoms with Crippen LogP contribution < -0.4 is 10.1 Å². The van der Waals surface area contributed by atoms with Crippen molar-refractivity contribution in [1.82, 2.24) is 9.88 Å². The van der Waals surface area contributed by atoms with Crippen LogP contribution in [0.2, 0.25) is 0 Å². The summed E-state index contributed by atoms with van der Waals surface area (Å²) < 4.78 is 44.0. The number of likely N-dealkylation sites (tertiary alicyclic amines) is 1. The number of nitrogens with one attached hydrogen (secondary N) is 1. The number of hydrogen-bond donors (Lipinski definition) is 1. The Balaban J connectivity index is 1.48. The second kappa shape index (κ2) is 10.4. The summed E-state index contributed by atoms with van der Waals surface area (Å²) >= 11 is 0. The van der Waals surface area contributed by atoms with Crippen molar-refractivity contribution in [2.45, 2.75) is 25.8 Å². The Labute approximate surface area is 207 Å². The van der Waals surface area contributed by atoms with Gasteiger partial charge in [-0.15, -0.1) is 0 Å². The number of ether oxygens (including phenoxy) is 2. The summed E-state index contributed by atoms with van der Waals surface area (Å²) in [6, 6.07) is 13.7. The summed E-state index contributed by atoms with van der Waals surface area (Å²) in [5.74, 6) is -5.15. The first-order chi connectivity index (χ1) is 17.2. The van der Waals surface area contributed by atoms with E-state index >= 15 is 0 Å². The number of anilines is 1. The van der Waals surface area contributed by atoms with E-state index in [1.165, 1.54) is 14.2 Å². The number of carbonyl (C=O) groups excluding carboxylic acids is 2. The first-order valence-corrected chi connectivity index (χ1v) is 11.4. The smallest absolute Gasteiger partial charge is 0.310 e. The molecule has 1 unspecified atom stereocenters. The summed E-state index contributed by atoms with van der Waals surface area (Å²) in [6.07, 6.45) is 0.750. The number of carbonyl (C=O) groups is 2. The van der Waals surface area contributed by atoms with Gasteiger partial charge in [0.15, 0.2) is 5.69 Å². The third-order valence-electron chi connectivity index (χ3n) is 6.00. The number of esters is 1. The van der Waals surface area contributed by atoms with Crippen molar-refractivity contribution < 1.29 is 32.3 Å². The van der Waals surface area contributed by atoms with Crippen LogP contribution in [0.3, 0.4) is 0 Å². The highest BCUT2D eigenvalue weighted by atomic mass is 19.3. The molecule has 3 aromatic rings. The topological polar surface area (TPSA) is 93.9 Å². The third kappa shape index (κ3) is 5.54. The van der Waals surface area contributed by atoms with E-state index in [4.69, 9.17) is 13.9 Å². The van der Waals surface area contributed by atoms with Crippen molar-refractivity contribution in [2.24, 2.45) is 5.92 Å². The summed E-state index contributed by atoms with van der Waals surface area (Å²) in [4.78, 5) is 30.9. The Morgan fingerprint density at radius 3 is 2.56 bits per heavy atom. The Bertz CT molecular complexity index is 1240. The quantitative estimate of drug-likeness (QED) is 0.449. The van der Waals surface area contributed by atoms with Gasteiger partial charge in [-0.3, -0.25) is 14.5 Å². The maximum Gasteiger partial charge on any atom is 0.310 e. The van der Waals surface area contributed by atoms with Crippen molar-refractivity contribution in [3.8, 4) is 17.2 Å². The number of benzene rings is 2. The monoisotopic (exact) mass is 499 g/mol. The number of rotatable bonds is 8. The number of alkyl halides is 2. The van der Waals surface area contributed by atoms with Crippen LogP contribution in [0.25, 0.3) is 11.5 Å². The Morgan fingerprint density at radius 2 is 1.89 bits per heavy atom. The highest BCUT2D eigenvalue weighted by Gasteiger charge is 2.37. The number of nitrogens with zero attached hydrogens (tertiary/aromatic N) is 2. The average Bonchev–Trinajstić information content (AvgIpc) is 3.52. The molecule has 0 aliphatic carbocycles. The predicted molar refractivity (Wildman–Crippen MR) is 128 cm³/mol. The molecular weight excluding hydrogens is 472 g/mol. The van der Waals surface area contributed by atoms with E-state index in [9.17, 15) is 18.4 Å². The lowest BCUT2D eigenvalue weighted by Crippen LogP contribution is -2.23. The minimum atomic E-state index is -3.43. The van der Waals surface area contributed by atoms with E-state index < -0.39 is 23.3 Å². The van der Waals surface area contributed by atoms with Crippen LogP contribution in [0.5, 0.6) is 5.75 Å². The molecular formula is C26H27F2N3O5. The molecule has 1 amide bonds. The van der Waals surface area contributed by atoms with Crippen LogP contribution in [0.1, 0.15) is 35.2 Å². The zero-order valence-electron chi connectivity index (χ0n) is 20.2. The lowest BCUT2D eigenvalue weighted by Gasteiger charge is -2.16. The third-order valence-corrected chi connectivity index (χ3v) is 6.00. The molecule has 190 valence electrons. The summed E-state index contributed by atoms with van der Waals surface area (Å²) in [7, 11) is 2.83. The SMILES string of the molecule is COC(=O)C1CCN(Cc2ccc(NC(=O)c3nc(-c4ccccc4OC)oc3C(C)(F)F)cc2)C1. The molecule has 2 aromatic carbocycles. The molecule has 1 fully saturated rings. The van der Waals surface area contributed by atoms with E-state index in [1.54, 1.807) is 36.4 Å². The number of amides is 1. The number of oxazole rings is 1. The number of halogens is 2. The fraction of sp³-hybridized carbons (Fsp3) is 0.346. The highest BCUT2D eigenvalue weighted by molar-refractivity contribution is 6.04. The van der Waals surface area contributed by atoms with Gasteiger partial charge in [0.1, 0.15) is 5.75 Å². The molecule has 1 aliphatic rings. The van der Waals surface area contributed by atoms with E-state index in [0.29, 0.717) is 37.0 Å². The van der Waals surface area contributed by atoms with E-state index in [1.807, 2.05) is 12.1 Å². The molecule has 8 nitrogen and oxygen atoms in total. The van der Waals surface area contributed by atoms with Gasteiger partial charge in [-0.25, -0.2) is 4.98 Å². The average molecular weight is 500 g/mol. The Kier molecular flexibility index (Phi) is 7.35. The predicted octanol–water partition coefficient (Wildman–Crippen LogP) is 4.71. The molecule has 1 N–H and O–H groups in total. The van der Waals surface area contributed by atoms with E-state index in [0.717, 1.165) is 18.5 Å². The van der Waals surface area contributed by atoms with Gasteiger partial charge in [-0.05, 0) is 42.8 Å². The highest BCUT2D eigenvalue weighted by Crippen LogP contribution is 2.36. The second-order valence-electron chi connectivity index (χ2n) is 8.68. The number of para-hydroxylation sites is 1. The zero-order valence-corrected chi connectivity index (χ0v) is 20.2. The van der Waals surface area contributed by atoms with Crippen LogP contribution in [0.4, 0.5) is 14.5 Å². The number of aromatic nitrogens is 1. The van der Waals surface area contributed by atoms with Crippen molar-refractivity contribution in [1.29, 1.82) is 0 Å². The largest absolute Gasteiger partial charge is 0.496 e. The lowest BCUT2D eigenvalue weighted by atomic mass is 10.1. The molecule has 1 atom stereocenters. The summed E-state index contributed by atoms with van der Waals surface area (Å²) in [6.45, 7) is 2.69. The standard InChI is InChI=1S/C26H27F2N3O5/c1-26(27,28)22-21(30-24(36-22)19-6-4-5-7-20(19)34-2)23(32)29-18-10-8-16(9-11-18)14-31-13-12-17(15-31)25(33)35-3/h4-11,17H,12-15H2,1-3H3,(H,29,32).